The van der Waals surface area contributed by atoms with E-state index in [0.29, 0.717) is 37.3 Å². The summed E-state index contributed by atoms with van der Waals surface area (Å²) >= 11 is 14.4. The number of carboxylic acid groups (broad SMARTS) is 1. The third kappa shape index (κ3) is 21.3. The van der Waals surface area contributed by atoms with Crippen LogP contribution in [0.1, 0.15) is 166 Å². The Morgan fingerprint density at radius 3 is 1.95 bits per heavy atom. The van der Waals surface area contributed by atoms with E-state index in [9.17, 15) is 75.7 Å². The maximum Gasteiger partial charge on any atom is 0.335 e. The minimum Gasteiger partial charge on any atom is -0.508 e. The van der Waals surface area contributed by atoms with Gasteiger partial charge in [0.2, 0.25) is 47.9 Å². The molecule has 2 saturated heterocycles. The van der Waals surface area contributed by atoms with E-state index in [-0.39, 0.29) is 64.6 Å². The maximum atomic E-state index is 16.9. The van der Waals surface area contributed by atoms with Crippen LogP contribution in [0.4, 0.5) is 0 Å². The lowest BCUT2D eigenvalue weighted by Crippen LogP contribution is -2.66. The van der Waals surface area contributed by atoms with Crippen LogP contribution in [0, 0.1) is 17.8 Å². The number of ether oxygens (including phenoxy) is 7. The number of carboxylic acids is 1. The summed E-state index contributed by atoms with van der Waals surface area (Å²) in [7, 11) is 5.03. The van der Waals surface area contributed by atoms with Gasteiger partial charge in [-0.15, -0.1) is 0 Å². The van der Waals surface area contributed by atoms with Crippen LogP contribution in [-0.4, -0.2) is 221 Å². The largest absolute Gasteiger partial charge is 0.508 e. The van der Waals surface area contributed by atoms with Gasteiger partial charge in [-0.2, -0.15) is 0 Å². The number of phenolic OH excluding ortho intramolecular Hbond substituents is 4. The molecule has 8 aliphatic heterocycles. The lowest BCUT2D eigenvalue weighted by Gasteiger charge is -2.41. The molecule has 0 aromatic heterocycles. The highest BCUT2D eigenvalue weighted by Crippen LogP contribution is 2.52. The fraction of sp³-hybridized carbons (Fsp3) is 0.440. The molecule has 2 fully saturated rings. The molecule has 7 aromatic rings. The van der Waals surface area contributed by atoms with Crippen molar-refractivity contribution < 1.29 is 138 Å². The summed E-state index contributed by atoms with van der Waals surface area (Å²) in [6.45, 7) is 3.67. The van der Waals surface area contributed by atoms with E-state index >= 15 is 28.8 Å². The number of aliphatic hydroxyl groups excluding tert-OH is 7. The number of fused-ring (bicyclic) bond motifs is 14. The van der Waals surface area contributed by atoms with Gasteiger partial charge >= 0.3 is 5.97 Å². The SMILES string of the molecule is CN[C@H]1C(=O)C[C@@H]2Cc3ccc(cc3)Oc3cc4cc(c3O[C@@H]3O[C@H](C(=O)O)[C@@H](O)[C@H](O)[C@H]3NC(=O)CCCCCCCCC(C)C)Oc3ccc(cc3Cl)[C@@H](O)[C@@H]3CC(=O)[C@H](NC(=O)[C@@H]4CC(=O)[C@@H](NC2=O)c2cc(cc(O)c2Cl)Oc2cc1ccc2O)c1ccc(O)c(c1)-c1c(O[C@H]2O[C@H](CO)[C@@H](O)[C@H](O)[C@@H]2O)cc(O)cc1[C@@H](C(=O)NCCCN(C)C)NC3=O. The van der Waals surface area contributed by atoms with E-state index in [1.165, 1.54) is 61.6 Å². The van der Waals surface area contributed by atoms with Crippen molar-refractivity contribution in [2.45, 2.75) is 195 Å². The minimum atomic E-state index is -2.29. The van der Waals surface area contributed by atoms with E-state index in [1.807, 2.05) is 4.90 Å². The van der Waals surface area contributed by atoms with Gasteiger partial charge in [-0.05, 0) is 159 Å². The Morgan fingerprint density at radius 1 is 0.578 bits per heavy atom. The quantitative estimate of drug-likeness (QED) is 0.0297. The predicted octanol–water partition coefficient (Wildman–Crippen LogP) is 7.23. The van der Waals surface area contributed by atoms with Crippen molar-refractivity contribution in [3.63, 3.8) is 0 Å². The highest BCUT2D eigenvalue weighted by molar-refractivity contribution is 6.33. The zero-order chi connectivity index (χ0) is 92.0. The number of likely N-dealkylation sites (N-methyl/N-ethyl adjacent to an activating group) is 1. The Hall–Kier alpha value is -11.3. The number of hydrogen-bond donors (Lipinski definition) is 18. The zero-order valence-corrected chi connectivity index (χ0v) is 71.9. The van der Waals surface area contributed by atoms with Crippen LogP contribution < -0.4 is 55.6 Å². The molecule has 7 aromatic carbocycles. The fourth-order valence-corrected chi connectivity index (χ4v) is 17.2. The number of aliphatic hydroxyl groups is 7. The first-order valence-electron chi connectivity index (χ1n) is 42.2. The summed E-state index contributed by atoms with van der Waals surface area (Å²) in [5, 5.41) is 154. The van der Waals surface area contributed by atoms with Crippen molar-refractivity contribution in [2.24, 2.45) is 17.8 Å². The van der Waals surface area contributed by atoms with E-state index in [2.05, 4.69) is 45.7 Å². The molecular weight excluding hydrogens is 1710 g/mol. The number of halogens is 2. The number of carbonyl (C=O) groups excluding carboxylic acids is 8. The Balaban J connectivity index is 1.04. The second-order valence-corrected chi connectivity index (χ2v) is 34.4. The summed E-state index contributed by atoms with van der Waals surface area (Å²) in [6, 6.07) is 13.8. The molecule has 0 saturated carbocycles. The number of amides is 5. The molecule has 684 valence electrons. The number of aliphatic carboxylic acids is 1. The number of rotatable bonds is 22. The Bertz CT molecular complexity index is 5330. The van der Waals surface area contributed by atoms with E-state index < -0.39 is 266 Å². The molecule has 0 radical (unpaired) electrons. The van der Waals surface area contributed by atoms with Gasteiger partial charge in [0, 0.05) is 67.0 Å². The minimum absolute atomic E-state index is 0.0711. The first-order valence-corrected chi connectivity index (χ1v) is 42.9. The first-order chi connectivity index (χ1) is 61.1. The average Bonchev–Trinajstić information content (AvgIpc) is 0.755. The Labute approximate surface area is 744 Å². The van der Waals surface area contributed by atoms with Crippen LogP contribution in [-0.2, 0) is 59.0 Å². The molecule has 18 N–H and O–H groups in total. The van der Waals surface area contributed by atoms with E-state index in [0.717, 1.165) is 92.8 Å². The third-order valence-corrected chi connectivity index (χ3v) is 24.3. The molecular formula is C91H103Cl2N7O28. The maximum absolute atomic E-state index is 16.9. The Kier molecular flexibility index (Phi) is 30.2. The number of aromatic hydroxyl groups is 4. The van der Waals surface area contributed by atoms with E-state index in [4.69, 9.17) is 56.4 Å². The fourth-order valence-electron chi connectivity index (χ4n) is 16.7. The predicted molar refractivity (Wildman–Crippen MR) is 456 cm³/mol. The molecule has 0 aliphatic carbocycles. The topological polar surface area (TPSA) is 536 Å². The smallest absolute Gasteiger partial charge is 0.335 e. The molecule has 35 nitrogen and oxygen atoms in total. The van der Waals surface area contributed by atoms with Crippen molar-refractivity contribution in [1.29, 1.82) is 0 Å². The number of hydrogen-bond acceptors (Lipinski definition) is 29. The van der Waals surface area contributed by atoms with Crippen molar-refractivity contribution in [2.75, 3.05) is 40.8 Å². The molecule has 8 aliphatic rings. The second kappa shape index (κ2) is 41.0. The zero-order valence-electron chi connectivity index (χ0n) is 70.4. The second-order valence-electron chi connectivity index (χ2n) is 33.6. The number of Topliss-reactive ketones (excluding diaryl/α,β-unsaturated/α-hetero) is 3. The van der Waals surface area contributed by atoms with Crippen molar-refractivity contribution in [3.8, 4) is 80.1 Å². The third-order valence-electron chi connectivity index (χ3n) is 23.6. The number of nitrogens with zero attached hydrogens (tertiary/aromatic N) is 1. The van der Waals surface area contributed by atoms with Gasteiger partial charge in [0.25, 0.3) is 0 Å². The number of carbonyl (C=O) groups is 9. The van der Waals surface area contributed by atoms with Crippen LogP contribution in [0.15, 0.2) is 115 Å². The van der Waals surface area contributed by atoms with Gasteiger partial charge in [-0.25, -0.2) is 4.79 Å². The molecule has 37 heteroatoms. The average molecular weight is 1810 g/mol. The van der Waals surface area contributed by atoms with Gasteiger partial charge in [0.1, 0.15) is 101 Å². The summed E-state index contributed by atoms with van der Waals surface area (Å²) in [4.78, 5) is 141. The summed E-state index contributed by atoms with van der Waals surface area (Å²) < 4.78 is 44.7. The summed E-state index contributed by atoms with van der Waals surface area (Å²) in [5.41, 5.74) is -1.97. The summed E-state index contributed by atoms with van der Waals surface area (Å²) in [6.07, 6.45) is -18.1. The molecule has 15 rings (SSSR count). The van der Waals surface area contributed by atoms with Gasteiger partial charge in [-0.1, -0.05) is 106 Å². The van der Waals surface area contributed by atoms with Crippen molar-refractivity contribution >= 4 is 76.1 Å². The molecule has 8 heterocycles. The number of unbranched alkanes of at least 4 members (excludes halogenated alkanes) is 5. The number of phenols is 4. The molecule has 128 heavy (non-hydrogen) atoms. The standard InChI is InChI=1S/C91H103Cl2N7O28/c1-41(2)13-10-8-6-7-9-11-14-69(109)96-76-79(112)81(114)84(89(120)121)128-90(76)127-83-66-32-46-33-67(83)124-63-24-19-45(29-56(63)92)77(110)55-39-61(107)73(43-17-22-57(103)52(28-43)70-53(75(99-87(55)118)88(119)95-25-12-26-100(4)5)34-48(102)35-65(70)125-91-82(115)80(113)78(111)68(40-101)126-91)97-86(117)51(46)38-62(108)74-54-36-50(37-59(105)71(54)93)123-64-31-44(18-23-58(64)104)72(94-3)60(106)30-47(85(116)98-74)27-42-15-20-49(122-66)21-16-42/h15-24,28-29,31-37,41,47,51,55,68,72-82,84,90-91,94,101-105,110-115H,6-14,25-27,30,38-40H2,1-5H3,(H,95,119)(H,96,109)(H,97,117)(H,98,116)(H,99,118)(H,120,121)/t47-,51+,55-,68+,72+,73+,74-,75-,76+,77+,78+,79+,80-,81-,82-,84-,90+,91-/m0/s1. The first kappa shape index (κ1) is 94.3. The number of ketones is 3. The molecule has 0 unspecified atom stereocenters. The molecule has 0 spiro atoms. The van der Waals surface area contributed by atoms with Crippen LogP contribution in [0.2, 0.25) is 10.0 Å². The Morgan fingerprint density at radius 2 is 1.25 bits per heavy atom. The number of benzene rings is 7. The van der Waals surface area contributed by atoms with Crippen LogP contribution in [0.25, 0.3) is 11.1 Å². The van der Waals surface area contributed by atoms with Crippen LogP contribution in [0.5, 0.6) is 69.0 Å². The van der Waals surface area contributed by atoms with E-state index in [1.54, 1.807) is 14.1 Å². The number of nitrogens with one attached hydrogen (secondary N) is 6. The highest BCUT2D eigenvalue weighted by Gasteiger charge is 2.52. The van der Waals surface area contributed by atoms with Gasteiger partial charge in [0.15, 0.2) is 46.5 Å². The molecule has 17 bridgehead atoms. The van der Waals surface area contributed by atoms with Crippen LogP contribution in [0.3, 0.4) is 0 Å². The summed E-state index contributed by atoms with van der Waals surface area (Å²) in [5.74, 6) is -21.2. The molecule has 5 amide bonds. The van der Waals surface area contributed by atoms with Crippen molar-refractivity contribution in [1.82, 2.24) is 36.8 Å². The van der Waals surface area contributed by atoms with Crippen LogP contribution >= 0.6 is 23.2 Å². The van der Waals surface area contributed by atoms with Crippen molar-refractivity contribution in [3.05, 3.63) is 164 Å². The van der Waals surface area contributed by atoms with Gasteiger partial charge in [-0.3, -0.25) is 38.4 Å². The normalized spacial score (nSPS) is 26.0. The highest BCUT2D eigenvalue weighted by atomic mass is 35.5. The van der Waals surface area contributed by atoms with Gasteiger partial charge < -0.3 is 131 Å². The monoisotopic (exact) mass is 1810 g/mol. The van der Waals surface area contributed by atoms with Gasteiger partial charge in [0.05, 0.1) is 40.6 Å². The molecule has 18 atom stereocenters. The lowest BCUT2D eigenvalue weighted by molar-refractivity contribution is -0.277. The lowest BCUT2D eigenvalue weighted by atomic mass is 9.83.